The average Bonchev–Trinajstić information content (AvgIpc) is 1.98. The lowest BCUT2D eigenvalue weighted by atomic mass is 10.1. The third-order valence-corrected chi connectivity index (χ3v) is 1.30. The quantitative estimate of drug-likeness (QED) is 0.377. The molecule has 0 fully saturated rings. The maximum atomic E-state index is 5.09. The molecule has 0 rings (SSSR count). The van der Waals surface area contributed by atoms with Gasteiger partial charge >= 0.3 is 0 Å². The molecule has 0 aromatic carbocycles. The Morgan fingerprint density at radius 1 is 1.45 bits per heavy atom. The van der Waals surface area contributed by atoms with E-state index >= 15 is 0 Å². The van der Waals surface area contributed by atoms with Gasteiger partial charge in [0.1, 0.15) is 12.8 Å². The van der Waals surface area contributed by atoms with Crippen LogP contribution < -0.4 is 5.84 Å². The first kappa shape index (κ1) is 9.94. The molecule has 0 saturated carbocycles. The molecule has 0 bridgehead atoms. The number of hydrazone groups is 1. The molecule has 0 unspecified atom stereocenters. The molecule has 0 aliphatic carbocycles. The van der Waals surface area contributed by atoms with E-state index in [1.807, 2.05) is 13.8 Å². The van der Waals surface area contributed by atoms with Crippen LogP contribution in [0.4, 0.5) is 0 Å². The highest BCUT2D eigenvalue weighted by atomic mass is 16.6. The number of hydrogen-bond acceptors (Lipinski definition) is 4. The highest BCUT2D eigenvalue weighted by molar-refractivity contribution is 6.41. The molecule has 4 heteroatoms. The topological polar surface area (TPSA) is 60.0 Å². The van der Waals surface area contributed by atoms with Crippen LogP contribution in [0.1, 0.15) is 20.8 Å². The lowest BCUT2D eigenvalue weighted by Crippen LogP contribution is -2.19. The second-order valence-corrected chi connectivity index (χ2v) is 2.53. The van der Waals surface area contributed by atoms with Gasteiger partial charge in [0, 0.05) is 5.92 Å². The summed E-state index contributed by atoms with van der Waals surface area (Å²) in [6.45, 7) is 5.82. The monoisotopic (exact) mass is 157 g/mol. The summed E-state index contributed by atoms with van der Waals surface area (Å²) in [7, 11) is 1.51. The summed E-state index contributed by atoms with van der Waals surface area (Å²) in [5.41, 5.74) is 1.50. The van der Waals surface area contributed by atoms with Crippen LogP contribution in [0.3, 0.4) is 0 Å². The van der Waals surface area contributed by atoms with E-state index < -0.39 is 0 Å². The zero-order chi connectivity index (χ0) is 8.85. The third-order valence-electron chi connectivity index (χ3n) is 1.30. The van der Waals surface area contributed by atoms with Crippen molar-refractivity contribution in [2.45, 2.75) is 20.8 Å². The average molecular weight is 157 g/mol. The predicted molar refractivity (Wildman–Crippen MR) is 46.6 cm³/mol. The maximum Gasteiger partial charge on any atom is 0.106 e. The molecule has 0 aliphatic heterocycles. The molecule has 0 atom stereocenters. The Kier molecular flexibility index (Phi) is 4.26. The Labute approximate surface area is 67.1 Å². The second kappa shape index (κ2) is 4.71. The van der Waals surface area contributed by atoms with E-state index in [2.05, 4.69) is 15.1 Å². The van der Waals surface area contributed by atoms with Crippen molar-refractivity contribution in [3.63, 3.8) is 0 Å². The van der Waals surface area contributed by atoms with Crippen molar-refractivity contribution in [2.75, 3.05) is 7.11 Å². The smallest absolute Gasteiger partial charge is 0.106 e. The molecule has 64 valence electrons. The van der Waals surface area contributed by atoms with Crippen LogP contribution in [0.15, 0.2) is 10.3 Å². The molecule has 0 aromatic rings. The van der Waals surface area contributed by atoms with Gasteiger partial charge in [0.2, 0.25) is 0 Å². The minimum absolute atomic E-state index is 0.280. The first-order valence-corrected chi connectivity index (χ1v) is 3.49. The number of nitrogens with zero attached hydrogens (tertiary/aromatic N) is 2. The van der Waals surface area contributed by atoms with Crippen molar-refractivity contribution >= 4 is 11.4 Å². The fourth-order valence-corrected chi connectivity index (χ4v) is 0.754. The van der Waals surface area contributed by atoms with Crippen molar-refractivity contribution in [3.05, 3.63) is 0 Å². The van der Waals surface area contributed by atoms with Crippen LogP contribution in [0, 0.1) is 5.92 Å². The summed E-state index contributed by atoms with van der Waals surface area (Å²) in [5.74, 6) is 5.37. The van der Waals surface area contributed by atoms with E-state index in [1.165, 1.54) is 7.11 Å². The first-order chi connectivity index (χ1) is 5.13. The Morgan fingerprint density at radius 3 is 2.27 bits per heavy atom. The van der Waals surface area contributed by atoms with Gasteiger partial charge in [-0.3, -0.25) is 0 Å². The molecule has 0 saturated heterocycles. The summed E-state index contributed by atoms with van der Waals surface area (Å²) >= 11 is 0. The molecule has 2 N–H and O–H groups in total. The minimum atomic E-state index is 0.280. The van der Waals surface area contributed by atoms with Crippen LogP contribution >= 0.6 is 0 Å². The van der Waals surface area contributed by atoms with Crippen molar-refractivity contribution in [3.8, 4) is 0 Å². The van der Waals surface area contributed by atoms with Gasteiger partial charge in [-0.15, -0.1) is 0 Å². The van der Waals surface area contributed by atoms with Crippen LogP contribution in [0.25, 0.3) is 0 Å². The Bertz CT molecular complexity index is 173. The van der Waals surface area contributed by atoms with Gasteiger partial charge in [-0.1, -0.05) is 19.0 Å². The highest BCUT2D eigenvalue weighted by Crippen LogP contribution is 1.99. The fraction of sp³-hybridized carbons (Fsp3) is 0.714. The molecular formula is C7H15N3O. The van der Waals surface area contributed by atoms with Gasteiger partial charge in [-0.05, 0) is 6.92 Å². The molecule has 11 heavy (non-hydrogen) atoms. The minimum Gasteiger partial charge on any atom is -0.399 e. The molecule has 0 aromatic heterocycles. The van der Waals surface area contributed by atoms with Gasteiger partial charge in [0.25, 0.3) is 0 Å². The number of hydrogen-bond donors (Lipinski definition) is 1. The summed E-state index contributed by atoms with van der Waals surface area (Å²) in [6, 6.07) is 0. The Morgan fingerprint density at radius 2 is 2.00 bits per heavy atom. The van der Waals surface area contributed by atoms with Gasteiger partial charge in [-0.2, -0.15) is 5.10 Å². The van der Waals surface area contributed by atoms with Crippen molar-refractivity contribution in [2.24, 2.45) is 22.0 Å². The maximum absolute atomic E-state index is 5.09. The van der Waals surface area contributed by atoms with Crippen LogP contribution in [0.5, 0.6) is 0 Å². The van der Waals surface area contributed by atoms with Crippen molar-refractivity contribution in [1.29, 1.82) is 0 Å². The largest absolute Gasteiger partial charge is 0.399 e. The molecular weight excluding hydrogens is 142 g/mol. The van der Waals surface area contributed by atoms with Crippen LogP contribution in [-0.4, -0.2) is 18.5 Å². The van der Waals surface area contributed by atoms with Crippen molar-refractivity contribution < 1.29 is 4.84 Å². The molecule has 0 spiro atoms. The molecule has 0 aliphatic rings. The van der Waals surface area contributed by atoms with E-state index in [-0.39, 0.29) is 5.92 Å². The summed E-state index contributed by atoms with van der Waals surface area (Å²) in [4.78, 5) is 4.64. The lowest BCUT2D eigenvalue weighted by Gasteiger charge is -2.06. The third kappa shape index (κ3) is 3.02. The normalized spacial score (nSPS) is 13.9. The fourth-order valence-electron chi connectivity index (χ4n) is 0.754. The first-order valence-electron chi connectivity index (χ1n) is 3.49. The number of oxime groups is 1. The standard InChI is InChI=1S/C7H15N3O/c1-5(2)7(10-11-4)6(3)9-8/h5H,8H2,1-4H3. The van der Waals surface area contributed by atoms with Gasteiger partial charge in [0.15, 0.2) is 0 Å². The zero-order valence-corrected chi connectivity index (χ0v) is 7.46. The summed E-state index contributed by atoms with van der Waals surface area (Å²) in [5, 5.41) is 7.33. The molecule has 4 nitrogen and oxygen atoms in total. The van der Waals surface area contributed by atoms with E-state index in [9.17, 15) is 0 Å². The molecule has 0 heterocycles. The zero-order valence-electron chi connectivity index (χ0n) is 7.46. The van der Waals surface area contributed by atoms with E-state index in [0.717, 1.165) is 5.71 Å². The van der Waals surface area contributed by atoms with E-state index in [0.29, 0.717) is 5.71 Å². The van der Waals surface area contributed by atoms with Crippen LogP contribution in [0.2, 0.25) is 0 Å². The molecule has 0 radical (unpaired) electrons. The van der Waals surface area contributed by atoms with Gasteiger partial charge < -0.3 is 10.7 Å². The lowest BCUT2D eigenvalue weighted by molar-refractivity contribution is 0.212. The predicted octanol–water partition coefficient (Wildman–Crippen LogP) is 0.979. The SMILES string of the molecule is CON=C(C(C)=NN)C(C)C. The Hall–Kier alpha value is -1.06. The van der Waals surface area contributed by atoms with E-state index in [1.54, 1.807) is 6.92 Å². The molecule has 0 amide bonds. The van der Waals surface area contributed by atoms with Gasteiger partial charge in [-0.25, -0.2) is 0 Å². The van der Waals surface area contributed by atoms with Crippen LogP contribution in [-0.2, 0) is 4.84 Å². The summed E-state index contributed by atoms with van der Waals surface area (Å²) < 4.78 is 0. The highest BCUT2D eigenvalue weighted by Gasteiger charge is 2.08. The number of rotatable bonds is 3. The second-order valence-electron chi connectivity index (χ2n) is 2.53. The summed E-state index contributed by atoms with van der Waals surface area (Å²) in [6.07, 6.45) is 0. The Balaban J connectivity index is 4.48. The van der Waals surface area contributed by atoms with Gasteiger partial charge in [0.05, 0.1) is 5.71 Å². The number of nitrogens with two attached hydrogens (primary N) is 1. The van der Waals surface area contributed by atoms with E-state index in [4.69, 9.17) is 5.84 Å². The van der Waals surface area contributed by atoms with Crippen molar-refractivity contribution in [1.82, 2.24) is 0 Å².